The van der Waals surface area contributed by atoms with E-state index >= 15 is 0 Å². The average molecular weight is 300 g/mol. The van der Waals surface area contributed by atoms with Gasteiger partial charge in [0.05, 0.1) is 18.9 Å². The standard InChI is InChI=1S/C12H11ClFN3O3/c1-20-10-8(13)6(14)4-16-9(10)7(5-2-3-5)11(18)17(15)12(16)19/h4-5H,2-3,15H2,1H3. The van der Waals surface area contributed by atoms with Gasteiger partial charge in [0.15, 0.2) is 11.6 Å². The fourth-order valence-corrected chi connectivity index (χ4v) is 2.54. The first-order valence-corrected chi connectivity index (χ1v) is 6.33. The maximum Gasteiger partial charge on any atom is 0.354 e. The third-order valence-electron chi connectivity index (χ3n) is 3.41. The second kappa shape index (κ2) is 4.24. The summed E-state index contributed by atoms with van der Waals surface area (Å²) in [5.74, 6) is 4.61. The number of pyridine rings is 1. The molecule has 1 fully saturated rings. The second-order valence-corrected chi connectivity index (χ2v) is 5.07. The minimum Gasteiger partial charge on any atom is -0.493 e. The molecule has 2 heterocycles. The van der Waals surface area contributed by atoms with Gasteiger partial charge in [0.1, 0.15) is 10.5 Å². The minimum atomic E-state index is -0.844. The molecule has 3 rings (SSSR count). The molecule has 2 aromatic rings. The van der Waals surface area contributed by atoms with Crippen molar-refractivity contribution in [2.75, 3.05) is 13.0 Å². The van der Waals surface area contributed by atoms with Crippen molar-refractivity contribution in [1.29, 1.82) is 0 Å². The third kappa shape index (κ3) is 1.62. The van der Waals surface area contributed by atoms with Gasteiger partial charge in [-0.25, -0.2) is 9.18 Å². The van der Waals surface area contributed by atoms with Gasteiger partial charge in [0.25, 0.3) is 5.56 Å². The summed E-state index contributed by atoms with van der Waals surface area (Å²) < 4.78 is 20.3. The molecule has 106 valence electrons. The Balaban J connectivity index is 2.62. The van der Waals surface area contributed by atoms with E-state index in [0.29, 0.717) is 10.2 Å². The van der Waals surface area contributed by atoms with Gasteiger partial charge in [0, 0.05) is 0 Å². The van der Waals surface area contributed by atoms with E-state index in [1.54, 1.807) is 0 Å². The lowest BCUT2D eigenvalue weighted by Gasteiger charge is -2.14. The SMILES string of the molecule is COc1c(Cl)c(F)cn2c(=O)n(N)c(=O)c(C3CC3)c12. The Kier molecular flexibility index (Phi) is 2.75. The van der Waals surface area contributed by atoms with Crippen molar-refractivity contribution in [2.45, 2.75) is 18.8 Å². The molecule has 8 heteroatoms. The summed E-state index contributed by atoms with van der Waals surface area (Å²) in [4.78, 5) is 24.2. The Hall–Kier alpha value is -2.02. The zero-order valence-electron chi connectivity index (χ0n) is 10.5. The molecule has 0 saturated heterocycles. The predicted octanol–water partition coefficient (Wildman–Crippen LogP) is 0.853. The number of halogens is 2. The molecule has 0 aliphatic heterocycles. The molecule has 20 heavy (non-hydrogen) atoms. The lowest BCUT2D eigenvalue weighted by molar-refractivity contribution is 0.412. The van der Waals surface area contributed by atoms with Crippen LogP contribution in [0.4, 0.5) is 4.39 Å². The summed E-state index contributed by atoms with van der Waals surface area (Å²) in [5.41, 5.74) is -0.911. The molecule has 0 bridgehead atoms. The summed E-state index contributed by atoms with van der Waals surface area (Å²) in [6, 6.07) is 0. The number of hydrogen-bond acceptors (Lipinski definition) is 4. The van der Waals surface area contributed by atoms with Crippen LogP contribution in [-0.2, 0) is 0 Å². The van der Waals surface area contributed by atoms with Crippen LogP contribution in [0, 0.1) is 5.82 Å². The number of hydrogen-bond donors (Lipinski definition) is 1. The summed E-state index contributed by atoms with van der Waals surface area (Å²) in [6.07, 6.45) is 2.53. The highest BCUT2D eigenvalue weighted by atomic mass is 35.5. The number of aromatic nitrogens is 2. The first kappa shape index (κ1) is 13.0. The van der Waals surface area contributed by atoms with E-state index in [1.165, 1.54) is 7.11 Å². The highest BCUT2D eigenvalue weighted by molar-refractivity contribution is 6.32. The molecule has 2 N–H and O–H groups in total. The van der Waals surface area contributed by atoms with E-state index in [9.17, 15) is 14.0 Å². The van der Waals surface area contributed by atoms with Gasteiger partial charge >= 0.3 is 5.69 Å². The molecule has 0 radical (unpaired) electrons. The molecule has 6 nitrogen and oxygen atoms in total. The fourth-order valence-electron chi connectivity index (χ4n) is 2.32. The fraction of sp³-hybridized carbons (Fsp3) is 0.333. The first-order valence-electron chi connectivity index (χ1n) is 5.95. The van der Waals surface area contributed by atoms with Crippen molar-refractivity contribution >= 4 is 17.1 Å². The molecule has 1 saturated carbocycles. The number of methoxy groups -OCH3 is 1. The topological polar surface area (TPSA) is 78.7 Å². The van der Waals surface area contributed by atoms with Crippen LogP contribution in [0.3, 0.4) is 0 Å². The van der Waals surface area contributed by atoms with Crippen LogP contribution >= 0.6 is 11.6 Å². The van der Waals surface area contributed by atoms with E-state index in [2.05, 4.69) is 0 Å². The van der Waals surface area contributed by atoms with Crippen molar-refractivity contribution in [2.24, 2.45) is 0 Å². The minimum absolute atomic E-state index is 0.0108. The Labute approximate surface area is 117 Å². The maximum absolute atomic E-state index is 13.8. The largest absolute Gasteiger partial charge is 0.493 e. The molecule has 1 aliphatic carbocycles. The van der Waals surface area contributed by atoms with Crippen LogP contribution in [0.25, 0.3) is 5.52 Å². The van der Waals surface area contributed by atoms with E-state index in [-0.39, 0.29) is 22.2 Å². The number of nitrogen functional groups attached to an aromatic ring is 1. The van der Waals surface area contributed by atoms with Gasteiger partial charge in [-0.15, -0.1) is 0 Å². The van der Waals surface area contributed by atoms with Crippen LogP contribution in [0.1, 0.15) is 24.3 Å². The van der Waals surface area contributed by atoms with E-state index < -0.39 is 17.1 Å². The van der Waals surface area contributed by atoms with Gasteiger partial charge in [-0.2, -0.15) is 4.68 Å². The van der Waals surface area contributed by atoms with E-state index in [1.807, 2.05) is 0 Å². The Bertz CT molecular complexity index is 839. The number of fused-ring (bicyclic) bond motifs is 1. The van der Waals surface area contributed by atoms with Gasteiger partial charge in [-0.05, 0) is 18.8 Å². The third-order valence-corrected chi connectivity index (χ3v) is 3.77. The highest BCUT2D eigenvalue weighted by Gasteiger charge is 2.32. The molecule has 0 aromatic carbocycles. The molecule has 0 atom stereocenters. The highest BCUT2D eigenvalue weighted by Crippen LogP contribution is 2.43. The van der Waals surface area contributed by atoms with Crippen molar-refractivity contribution in [3.8, 4) is 5.75 Å². The van der Waals surface area contributed by atoms with Crippen molar-refractivity contribution in [1.82, 2.24) is 9.08 Å². The van der Waals surface area contributed by atoms with Crippen LogP contribution in [0.2, 0.25) is 5.02 Å². The smallest absolute Gasteiger partial charge is 0.354 e. The average Bonchev–Trinajstić information content (AvgIpc) is 3.24. The number of nitrogens with two attached hydrogens (primary N) is 1. The summed E-state index contributed by atoms with van der Waals surface area (Å²) in [6.45, 7) is 0. The summed E-state index contributed by atoms with van der Waals surface area (Å²) >= 11 is 5.86. The molecular weight excluding hydrogens is 289 g/mol. The Morgan fingerprint density at radius 2 is 2.10 bits per heavy atom. The van der Waals surface area contributed by atoms with Crippen LogP contribution < -0.4 is 21.8 Å². The number of rotatable bonds is 2. The molecule has 0 unspecified atom stereocenters. The summed E-state index contributed by atoms with van der Waals surface area (Å²) in [5, 5.41) is -0.261. The van der Waals surface area contributed by atoms with E-state index in [4.69, 9.17) is 22.2 Å². The molecule has 0 spiro atoms. The monoisotopic (exact) mass is 299 g/mol. The van der Waals surface area contributed by atoms with Crippen molar-refractivity contribution < 1.29 is 9.13 Å². The molecule has 2 aromatic heterocycles. The predicted molar refractivity (Wildman–Crippen MR) is 71.6 cm³/mol. The Morgan fingerprint density at radius 1 is 1.45 bits per heavy atom. The van der Waals surface area contributed by atoms with Crippen LogP contribution in [0.15, 0.2) is 15.8 Å². The van der Waals surface area contributed by atoms with Gasteiger partial charge in [-0.3, -0.25) is 9.20 Å². The van der Waals surface area contributed by atoms with Gasteiger partial charge in [0.2, 0.25) is 0 Å². The molecular formula is C12H11ClFN3O3. The van der Waals surface area contributed by atoms with Gasteiger partial charge in [-0.1, -0.05) is 11.6 Å². The van der Waals surface area contributed by atoms with Crippen LogP contribution in [0.5, 0.6) is 5.75 Å². The van der Waals surface area contributed by atoms with Crippen molar-refractivity contribution in [3.63, 3.8) is 0 Å². The van der Waals surface area contributed by atoms with Gasteiger partial charge < -0.3 is 10.6 Å². The number of ether oxygens (including phenoxy) is 1. The lowest BCUT2D eigenvalue weighted by Crippen LogP contribution is -2.44. The number of nitrogens with zero attached hydrogens (tertiary/aromatic N) is 2. The first-order chi connectivity index (χ1) is 9.47. The quantitative estimate of drug-likeness (QED) is 0.834. The van der Waals surface area contributed by atoms with Crippen molar-refractivity contribution in [3.05, 3.63) is 43.4 Å². The maximum atomic E-state index is 13.8. The summed E-state index contributed by atoms with van der Waals surface area (Å²) in [7, 11) is 1.30. The van der Waals surface area contributed by atoms with Crippen LogP contribution in [-0.4, -0.2) is 16.2 Å². The molecule has 0 amide bonds. The second-order valence-electron chi connectivity index (χ2n) is 4.69. The molecule has 1 aliphatic rings. The lowest BCUT2D eigenvalue weighted by atomic mass is 10.1. The zero-order chi connectivity index (χ0) is 14.6. The normalized spacial score (nSPS) is 14.8. The Morgan fingerprint density at radius 3 is 2.65 bits per heavy atom. The zero-order valence-corrected chi connectivity index (χ0v) is 11.3. The van der Waals surface area contributed by atoms with E-state index in [0.717, 1.165) is 23.4 Å².